The third-order valence-corrected chi connectivity index (χ3v) is 4.08. The van der Waals surface area contributed by atoms with Crippen molar-refractivity contribution in [2.75, 3.05) is 6.54 Å². The highest BCUT2D eigenvalue weighted by Gasteiger charge is 2.25. The first kappa shape index (κ1) is 13.0. The predicted molar refractivity (Wildman–Crippen MR) is 67.8 cm³/mol. The SMILES string of the molecule is CCC1CCCN1Cc1c(F)ccc(Br)c1F. The number of rotatable bonds is 3. The Morgan fingerprint density at radius 2 is 2.18 bits per heavy atom. The molecule has 1 aromatic carbocycles. The summed E-state index contributed by atoms with van der Waals surface area (Å²) in [6, 6.07) is 3.20. The third kappa shape index (κ3) is 2.68. The van der Waals surface area contributed by atoms with Crippen LogP contribution in [-0.2, 0) is 6.54 Å². The topological polar surface area (TPSA) is 3.24 Å². The molecule has 1 nitrogen and oxygen atoms in total. The van der Waals surface area contributed by atoms with Crippen LogP contribution >= 0.6 is 15.9 Å². The summed E-state index contributed by atoms with van der Waals surface area (Å²) in [5.41, 5.74) is 0.180. The van der Waals surface area contributed by atoms with E-state index < -0.39 is 11.6 Å². The van der Waals surface area contributed by atoms with Gasteiger partial charge in [0.05, 0.1) is 4.47 Å². The standard InChI is InChI=1S/C13H16BrF2N/c1-2-9-4-3-7-17(9)8-10-12(15)6-5-11(14)13(10)16/h5-6,9H,2-4,7-8H2,1H3. The molecule has 0 N–H and O–H groups in total. The van der Waals surface area contributed by atoms with Gasteiger partial charge in [-0.2, -0.15) is 0 Å². The first-order chi connectivity index (χ1) is 8.13. The van der Waals surface area contributed by atoms with Crippen molar-refractivity contribution < 1.29 is 8.78 Å². The van der Waals surface area contributed by atoms with Gasteiger partial charge in [0.1, 0.15) is 11.6 Å². The van der Waals surface area contributed by atoms with Crippen molar-refractivity contribution in [3.8, 4) is 0 Å². The van der Waals surface area contributed by atoms with Gasteiger partial charge < -0.3 is 0 Å². The lowest BCUT2D eigenvalue weighted by Crippen LogP contribution is -2.29. The summed E-state index contributed by atoms with van der Waals surface area (Å²) in [5, 5.41) is 0. The van der Waals surface area contributed by atoms with E-state index in [0.29, 0.717) is 17.1 Å². The van der Waals surface area contributed by atoms with Crippen LogP contribution in [0.2, 0.25) is 0 Å². The van der Waals surface area contributed by atoms with E-state index in [-0.39, 0.29) is 5.56 Å². The molecule has 1 aliphatic rings. The molecule has 1 unspecified atom stereocenters. The summed E-state index contributed by atoms with van der Waals surface area (Å²) < 4.78 is 27.8. The van der Waals surface area contributed by atoms with Crippen LogP contribution in [0.1, 0.15) is 31.7 Å². The van der Waals surface area contributed by atoms with Gasteiger partial charge in [-0.3, -0.25) is 4.90 Å². The van der Waals surface area contributed by atoms with Crippen LogP contribution in [0.3, 0.4) is 0 Å². The lowest BCUT2D eigenvalue weighted by Gasteiger charge is -2.23. The van der Waals surface area contributed by atoms with E-state index in [1.54, 1.807) is 0 Å². The highest BCUT2D eigenvalue weighted by molar-refractivity contribution is 9.10. The molecule has 2 rings (SSSR count). The maximum atomic E-state index is 13.8. The van der Waals surface area contributed by atoms with Crippen molar-refractivity contribution in [1.29, 1.82) is 0 Å². The summed E-state index contributed by atoms with van der Waals surface area (Å²) in [5.74, 6) is -0.917. The number of likely N-dealkylation sites (tertiary alicyclic amines) is 1. The summed E-state index contributed by atoms with van der Waals surface area (Å²) in [7, 11) is 0. The fourth-order valence-electron chi connectivity index (χ4n) is 2.48. The summed E-state index contributed by atoms with van der Waals surface area (Å²) in [6.07, 6.45) is 3.29. The van der Waals surface area contributed by atoms with Gasteiger partial charge in [-0.05, 0) is 53.9 Å². The van der Waals surface area contributed by atoms with Gasteiger partial charge in [-0.15, -0.1) is 0 Å². The molecule has 0 aromatic heterocycles. The van der Waals surface area contributed by atoms with E-state index in [1.807, 2.05) is 0 Å². The van der Waals surface area contributed by atoms with Crippen molar-refractivity contribution in [1.82, 2.24) is 4.90 Å². The molecule has 0 saturated carbocycles. The molecule has 1 heterocycles. The summed E-state index contributed by atoms with van der Waals surface area (Å²) in [6.45, 7) is 3.43. The Morgan fingerprint density at radius 3 is 2.88 bits per heavy atom. The molecule has 0 amide bonds. The van der Waals surface area contributed by atoms with Crippen LogP contribution in [0.5, 0.6) is 0 Å². The molecule has 94 valence electrons. The monoisotopic (exact) mass is 303 g/mol. The second-order valence-electron chi connectivity index (χ2n) is 4.50. The van der Waals surface area contributed by atoms with Crippen LogP contribution in [0.4, 0.5) is 8.78 Å². The zero-order chi connectivity index (χ0) is 12.4. The number of halogens is 3. The minimum Gasteiger partial charge on any atom is -0.296 e. The van der Waals surface area contributed by atoms with Gasteiger partial charge in [0.15, 0.2) is 0 Å². The predicted octanol–water partition coefficient (Wildman–Crippen LogP) is 4.10. The summed E-state index contributed by atoms with van der Waals surface area (Å²) in [4.78, 5) is 2.17. The van der Waals surface area contributed by atoms with E-state index in [2.05, 4.69) is 27.8 Å². The van der Waals surface area contributed by atoms with E-state index in [4.69, 9.17) is 0 Å². The molecule has 0 aliphatic carbocycles. The van der Waals surface area contributed by atoms with E-state index in [1.165, 1.54) is 12.1 Å². The Labute approximate surface area is 109 Å². The lowest BCUT2D eigenvalue weighted by molar-refractivity contribution is 0.233. The Hall–Kier alpha value is -0.480. The summed E-state index contributed by atoms with van der Waals surface area (Å²) >= 11 is 3.10. The molecule has 1 aromatic rings. The number of hydrogen-bond acceptors (Lipinski definition) is 1. The van der Waals surface area contributed by atoms with Crippen molar-refractivity contribution >= 4 is 15.9 Å². The maximum absolute atomic E-state index is 13.8. The first-order valence-corrected chi connectivity index (χ1v) is 6.79. The Kier molecular flexibility index (Phi) is 4.15. The van der Waals surface area contributed by atoms with Crippen LogP contribution in [0, 0.1) is 11.6 Å². The highest BCUT2D eigenvalue weighted by atomic mass is 79.9. The smallest absolute Gasteiger partial charge is 0.144 e. The van der Waals surface area contributed by atoms with Crippen LogP contribution in [0.15, 0.2) is 16.6 Å². The van der Waals surface area contributed by atoms with Gasteiger partial charge in [0.25, 0.3) is 0 Å². The minimum atomic E-state index is -0.466. The zero-order valence-electron chi connectivity index (χ0n) is 9.85. The van der Waals surface area contributed by atoms with Crippen LogP contribution < -0.4 is 0 Å². The minimum absolute atomic E-state index is 0.180. The molecule has 0 spiro atoms. The lowest BCUT2D eigenvalue weighted by atomic mass is 10.1. The number of benzene rings is 1. The normalized spacial score (nSPS) is 21.1. The van der Waals surface area contributed by atoms with E-state index >= 15 is 0 Å². The largest absolute Gasteiger partial charge is 0.296 e. The fourth-order valence-corrected chi connectivity index (χ4v) is 2.85. The molecular formula is C13H16BrF2N. The molecule has 1 atom stereocenters. The first-order valence-electron chi connectivity index (χ1n) is 6.00. The second-order valence-corrected chi connectivity index (χ2v) is 5.35. The molecule has 0 radical (unpaired) electrons. The van der Waals surface area contributed by atoms with Gasteiger partial charge >= 0.3 is 0 Å². The maximum Gasteiger partial charge on any atom is 0.144 e. The Morgan fingerprint density at radius 1 is 1.41 bits per heavy atom. The molecular weight excluding hydrogens is 288 g/mol. The van der Waals surface area contributed by atoms with Gasteiger partial charge in [0.2, 0.25) is 0 Å². The molecule has 1 fully saturated rings. The molecule has 1 saturated heterocycles. The molecule has 0 bridgehead atoms. The van der Waals surface area contributed by atoms with Crippen molar-refractivity contribution in [3.05, 3.63) is 33.8 Å². The van der Waals surface area contributed by atoms with Crippen molar-refractivity contribution in [2.45, 2.75) is 38.8 Å². The van der Waals surface area contributed by atoms with Gasteiger partial charge in [0, 0.05) is 18.2 Å². The number of nitrogens with zero attached hydrogens (tertiary/aromatic N) is 1. The second kappa shape index (κ2) is 5.44. The van der Waals surface area contributed by atoms with Gasteiger partial charge in [-0.1, -0.05) is 6.92 Å². The van der Waals surface area contributed by atoms with Crippen molar-refractivity contribution in [2.24, 2.45) is 0 Å². The Balaban J connectivity index is 2.21. The average molecular weight is 304 g/mol. The van der Waals surface area contributed by atoms with Crippen molar-refractivity contribution in [3.63, 3.8) is 0 Å². The zero-order valence-corrected chi connectivity index (χ0v) is 11.4. The van der Waals surface area contributed by atoms with Crippen LogP contribution in [-0.4, -0.2) is 17.5 Å². The van der Waals surface area contributed by atoms with Crippen LogP contribution in [0.25, 0.3) is 0 Å². The fraction of sp³-hybridized carbons (Fsp3) is 0.538. The quantitative estimate of drug-likeness (QED) is 0.760. The Bertz CT molecular complexity index is 409. The molecule has 4 heteroatoms. The van der Waals surface area contributed by atoms with Gasteiger partial charge in [-0.25, -0.2) is 8.78 Å². The molecule has 17 heavy (non-hydrogen) atoms. The highest BCUT2D eigenvalue weighted by Crippen LogP contribution is 2.27. The number of hydrogen-bond donors (Lipinski definition) is 0. The van der Waals surface area contributed by atoms with E-state index in [0.717, 1.165) is 25.8 Å². The third-order valence-electron chi connectivity index (χ3n) is 3.47. The molecule has 1 aliphatic heterocycles. The van der Waals surface area contributed by atoms with E-state index in [9.17, 15) is 8.78 Å². The average Bonchev–Trinajstić information content (AvgIpc) is 2.77.